The molecular weight excluding hydrogens is 510 g/mol. The Morgan fingerprint density at radius 3 is 2.30 bits per heavy atom. The van der Waals surface area contributed by atoms with Crippen molar-refractivity contribution >= 4 is 16.8 Å². The van der Waals surface area contributed by atoms with E-state index in [1.807, 2.05) is 59.5 Å². The fourth-order valence-electron chi connectivity index (χ4n) is 5.31. The minimum absolute atomic E-state index is 0.00461. The zero-order chi connectivity index (χ0) is 27.6. The topological polar surface area (TPSA) is 82.6 Å². The molecule has 0 saturated carbocycles. The molecule has 0 unspecified atom stereocenters. The molecule has 2 aliphatic rings. The van der Waals surface area contributed by atoms with E-state index in [-0.39, 0.29) is 12.7 Å². The molecule has 0 bridgehead atoms. The molecule has 3 heterocycles. The van der Waals surface area contributed by atoms with Crippen molar-refractivity contribution in [1.29, 1.82) is 0 Å². The lowest BCUT2D eigenvalue weighted by molar-refractivity contribution is 0.0630. The Bertz CT molecular complexity index is 1540. The Balaban J connectivity index is 1.25. The smallest absolute Gasteiger partial charge is 0.254 e. The molecule has 1 saturated heterocycles. The zero-order valence-corrected chi connectivity index (χ0v) is 22.8. The van der Waals surface area contributed by atoms with Crippen LogP contribution in [0.4, 0.5) is 0 Å². The Morgan fingerprint density at radius 2 is 1.57 bits per heavy atom. The second kappa shape index (κ2) is 10.9. The van der Waals surface area contributed by atoms with E-state index in [0.29, 0.717) is 41.6 Å². The van der Waals surface area contributed by atoms with E-state index >= 15 is 0 Å². The molecule has 2 aliphatic heterocycles. The van der Waals surface area contributed by atoms with Gasteiger partial charge >= 0.3 is 0 Å². The Morgan fingerprint density at radius 1 is 0.850 bits per heavy atom. The number of carbonyl (C=O) groups excluding carboxylic acids is 1. The lowest BCUT2D eigenvalue weighted by Gasteiger charge is -2.35. The fourth-order valence-corrected chi connectivity index (χ4v) is 5.31. The largest absolute Gasteiger partial charge is 0.493 e. The number of rotatable bonds is 7. The lowest BCUT2D eigenvalue weighted by Crippen LogP contribution is -2.48. The first-order valence-corrected chi connectivity index (χ1v) is 13.2. The lowest BCUT2D eigenvalue weighted by atomic mass is 10.0. The number of aromatic nitrogens is 1. The molecule has 9 nitrogen and oxygen atoms in total. The number of hydrogen-bond acceptors (Lipinski definition) is 8. The van der Waals surface area contributed by atoms with E-state index in [1.54, 1.807) is 21.3 Å². The predicted molar refractivity (Wildman–Crippen MR) is 151 cm³/mol. The molecular formula is C31H31N3O6. The summed E-state index contributed by atoms with van der Waals surface area (Å²) in [7, 11) is 4.73. The summed E-state index contributed by atoms with van der Waals surface area (Å²) in [5.74, 6) is 3.13. The number of amides is 1. The van der Waals surface area contributed by atoms with Gasteiger partial charge in [-0.15, -0.1) is 0 Å². The molecule has 0 spiro atoms. The molecule has 1 fully saturated rings. The number of pyridine rings is 1. The molecule has 1 amide bonds. The van der Waals surface area contributed by atoms with Gasteiger partial charge in [-0.2, -0.15) is 0 Å². The number of hydrogen-bond donors (Lipinski definition) is 0. The van der Waals surface area contributed by atoms with Gasteiger partial charge in [-0.25, -0.2) is 4.98 Å². The number of carbonyl (C=O) groups is 1. The van der Waals surface area contributed by atoms with Crippen LogP contribution in [-0.2, 0) is 6.54 Å². The highest BCUT2D eigenvalue weighted by Gasteiger charge is 2.25. The molecule has 1 aromatic heterocycles. The maximum atomic E-state index is 13.9. The predicted octanol–water partition coefficient (Wildman–Crippen LogP) is 4.61. The second-order valence-corrected chi connectivity index (χ2v) is 9.74. The van der Waals surface area contributed by atoms with Gasteiger partial charge in [0.1, 0.15) is 0 Å². The summed E-state index contributed by atoms with van der Waals surface area (Å²) in [6, 6.07) is 19.4. The van der Waals surface area contributed by atoms with Crippen molar-refractivity contribution in [1.82, 2.24) is 14.8 Å². The number of piperazine rings is 1. The van der Waals surface area contributed by atoms with E-state index < -0.39 is 0 Å². The number of methoxy groups -OCH3 is 3. The highest BCUT2D eigenvalue weighted by molar-refractivity contribution is 6.07. The highest BCUT2D eigenvalue weighted by Crippen LogP contribution is 2.41. The third kappa shape index (κ3) is 4.84. The summed E-state index contributed by atoms with van der Waals surface area (Å²) in [6.45, 7) is 3.90. The molecule has 4 aromatic rings. The number of fused-ring (bicyclic) bond motifs is 2. The molecule has 0 aliphatic carbocycles. The minimum Gasteiger partial charge on any atom is -0.493 e. The number of ether oxygens (including phenoxy) is 5. The van der Waals surface area contributed by atoms with Crippen molar-refractivity contribution in [2.24, 2.45) is 0 Å². The van der Waals surface area contributed by atoms with Crippen LogP contribution in [0.1, 0.15) is 15.9 Å². The fraction of sp³-hybridized carbons (Fsp3) is 0.290. The van der Waals surface area contributed by atoms with Crippen LogP contribution in [0.2, 0.25) is 0 Å². The number of benzene rings is 3. The van der Waals surface area contributed by atoms with Crippen molar-refractivity contribution < 1.29 is 28.5 Å². The number of nitrogens with zero attached hydrogens (tertiary/aromatic N) is 3. The molecule has 3 aromatic carbocycles. The standard InChI is InChI=1S/C31H31N3O6/c1-36-28-15-21(16-29(37-2)30(28)38-3)25-17-23(22-6-4-5-7-24(22)32-25)31(35)34-12-10-33(11-13-34)18-20-8-9-26-27(14-20)40-19-39-26/h4-9,14-17H,10-13,18-19H2,1-3H3. The Hall–Kier alpha value is -4.50. The van der Waals surface area contributed by atoms with Gasteiger partial charge in [0.05, 0.1) is 38.1 Å². The van der Waals surface area contributed by atoms with Crippen molar-refractivity contribution in [3.63, 3.8) is 0 Å². The summed E-state index contributed by atoms with van der Waals surface area (Å²) in [4.78, 5) is 23.1. The van der Waals surface area contributed by atoms with Gasteiger partial charge in [0.15, 0.2) is 23.0 Å². The average Bonchev–Trinajstić information content (AvgIpc) is 3.48. The number of para-hydroxylation sites is 1. The first-order valence-electron chi connectivity index (χ1n) is 13.2. The third-order valence-corrected chi connectivity index (χ3v) is 7.41. The van der Waals surface area contributed by atoms with Crippen molar-refractivity contribution in [2.45, 2.75) is 6.54 Å². The van der Waals surface area contributed by atoms with Crippen LogP contribution in [0, 0.1) is 0 Å². The summed E-state index contributed by atoms with van der Waals surface area (Å²) in [5, 5.41) is 0.825. The van der Waals surface area contributed by atoms with Crippen LogP contribution in [-0.4, -0.2) is 75.0 Å². The second-order valence-electron chi connectivity index (χ2n) is 9.74. The quantitative estimate of drug-likeness (QED) is 0.336. The van der Waals surface area contributed by atoms with Gasteiger partial charge in [0.2, 0.25) is 12.5 Å². The average molecular weight is 542 g/mol. The van der Waals surface area contributed by atoms with Gasteiger partial charge in [-0.05, 0) is 42.0 Å². The first-order chi connectivity index (χ1) is 19.6. The van der Waals surface area contributed by atoms with Crippen LogP contribution < -0.4 is 23.7 Å². The summed E-state index contributed by atoms with van der Waals surface area (Å²) >= 11 is 0. The van der Waals surface area contributed by atoms with Crippen LogP contribution in [0.3, 0.4) is 0 Å². The van der Waals surface area contributed by atoms with E-state index in [2.05, 4.69) is 11.0 Å². The molecule has 0 N–H and O–H groups in total. The summed E-state index contributed by atoms with van der Waals surface area (Å²) in [5.41, 5.74) is 3.96. The summed E-state index contributed by atoms with van der Waals surface area (Å²) < 4.78 is 27.5. The Kier molecular flexibility index (Phi) is 7.04. The SMILES string of the molecule is COc1cc(-c2cc(C(=O)N3CCN(Cc4ccc5c(c4)OCO5)CC3)c3ccccc3n2)cc(OC)c1OC. The van der Waals surface area contributed by atoms with Gasteiger partial charge in [-0.1, -0.05) is 24.3 Å². The van der Waals surface area contributed by atoms with Crippen molar-refractivity contribution in [3.8, 4) is 40.0 Å². The normalized spacial score (nSPS) is 14.8. The van der Waals surface area contributed by atoms with E-state index in [1.165, 1.54) is 5.56 Å². The van der Waals surface area contributed by atoms with Gasteiger partial charge in [0.25, 0.3) is 5.91 Å². The van der Waals surface area contributed by atoms with Crippen LogP contribution in [0.15, 0.2) is 60.7 Å². The third-order valence-electron chi connectivity index (χ3n) is 7.41. The minimum atomic E-state index is -0.00461. The van der Waals surface area contributed by atoms with E-state index in [9.17, 15) is 4.79 Å². The van der Waals surface area contributed by atoms with E-state index in [4.69, 9.17) is 28.7 Å². The molecule has 40 heavy (non-hydrogen) atoms. The maximum absolute atomic E-state index is 13.9. The monoisotopic (exact) mass is 541 g/mol. The molecule has 0 atom stereocenters. The van der Waals surface area contributed by atoms with Gasteiger partial charge in [0, 0.05) is 43.7 Å². The van der Waals surface area contributed by atoms with Gasteiger partial charge in [-0.3, -0.25) is 9.69 Å². The van der Waals surface area contributed by atoms with Crippen molar-refractivity contribution in [3.05, 3.63) is 71.8 Å². The van der Waals surface area contributed by atoms with Gasteiger partial charge < -0.3 is 28.6 Å². The maximum Gasteiger partial charge on any atom is 0.254 e. The van der Waals surface area contributed by atoms with Crippen LogP contribution in [0.5, 0.6) is 28.7 Å². The Labute approximate surface area is 232 Å². The zero-order valence-electron chi connectivity index (χ0n) is 22.8. The summed E-state index contributed by atoms with van der Waals surface area (Å²) in [6.07, 6.45) is 0. The molecule has 206 valence electrons. The first kappa shape index (κ1) is 25.8. The molecule has 6 rings (SSSR count). The highest BCUT2D eigenvalue weighted by atomic mass is 16.7. The van der Waals surface area contributed by atoms with Crippen molar-refractivity contribution in [2.75, 3.05) is 54.3 Å². The van der Waals surface area contributed by atoms with Crippen LogP contribution >= 0.6 is 0 Å². The van der Waals surface area contributed by atoms with E-state index in [0.717, 1.165) is 47.6 Å². The van der Waals surface area contributed by atoms with Crippen LogP contribution in [0.25, 0.3) is 22.2 Å². The molecule has 0 radical (unpaired) electrons. The molecule has 9 heteroatoms.